The molecule has 0 aromatic heterocycles. The van der Waals surface area contributed by atoms with Gasteiger partial charge >= 0.3 is 0 Å². The van der Waals surface area contributed by atoms with Crippen molar-refractivity contribution >= 4 is 12.1 Å². The maximum absolute atomic E-state index is 11.9. The largest absolute Gasteiger partial charge is 0.504 e. The lowest BCUT2D eigenvalue weighted by atomic mass is 9.87. The van der Waals surface area contributed by atoms with E-state index in [4.69, 9.17) is 0 Å². The zero-order chi connectivity index (χ0) is 17.9. The standard InChI is InChI=1S/C18H20N2O4/c1-18(2,3)13-6-4-11(5-7-13)10-19-20-17(24)12-8-14(21)16(23)15(22)9-12/h4-10,21-23H,1-3H3,(H,20,24). The van der Waals surface area contributed by atoms with Gasteiger partial charge in [0, 0.05) is 5.56 Å². The van der Waals surface area contributed by atoms with Gasteiger partial charge in [-0.3, -0.25) is 4.79 Å². The molecule has 0 bridgehead atoms. The number of carbonyl (C=O) groups is 1. The molecule has 6 nitrogen and oxygen atoms in total. The molecule has 24 heavy (non-hydrogen) atoms. The van der Waals surface area contributed by atoms with Gasteiger partial charge in [0.15, 0.2) is 17.2 Å². The highest BCUT2D eigenvalue weighted by atomic mass is 16.3. The van der Waals surface area contributed by atoms with Crippen molar-refractivity contribution in [3.05, 3.63) is 53.1 Å². The summed E-state index contributed by atoms with van der Waals surface area (Å²) in [6.07, 6.45) is 1.49. The molecule has 0 fully saturated rings. The maximum atomic E-state index is 11.9. The highest BCUT2D eigenvalue weighted by Crippen LogP contribution is 2.35. The monoisotopic (exact) mass is 328 g/mol. The van der Waals surface area contributed by atoms with Crippen molar-refractivity contribution < 1.29 is 20.1 Å². The van der Waals surface area contributed by atoms with Crippen LogP contribution in [0.15, 0.2) is 41.5 Å². The van der Waals surface area contributed by atoms with E-state index in [2.05, 4.69) is 31.3 Å². The lowest BCUT2D eigenvalue weighted by Crippen LogP contribution is -2.17. The van der Waals surface area contributed by atoms with Gasteiger partial charge < -0.3 is 15.3 Å². The van der Waals surface area contributed by atoms with Gasteiger partial charge in [0.05, 0.1) is 6.21 Å². The van der Waals surface area contributed by atoms with E-state index >= 15 is 0 Å². The van der Waals surface area contributed by atoms with Crippen molar-refractivity contribution in [1.82, 2.24) is 5.43 Å². The Hall–Kier alpha value is -3.02. The summed E-state index contributed by atoms with van der Waals surface area (Å²) in [5.41, 5.74) is 4.34. The zero-order valence-electron chi connectivity index (χ0n) is 13.7. The van der Waals surface area contributed by atoms with E-state index in [0.717, 1.165) is 17.7 Å². The molecule has 126 valence electrons. The Morgan fingerprint density at radius 3 is 2.08 bits per heavy atom. The van der Waals surface area contributed by atoms with Crippen LogP contribution in [0.4, 0.5) is 0 Å². The summed E-state index contributed by atoms with van der Waals surface area (Å²) >= 11 is 0. The van der Waals surface area contributed by atoms with Crippen LogP contribution in [0.3, 0.4) is 0 Å². The summed E-state index contributed by atoms with van der Waals surface area (Å²) in [7, 11) is 0. The SMILES string of the molecule is CC(C)(C)c1ccc(C=NNC(=O)c2cc(O)c(O)c(O)c2)cc1. The number of rotatable bonds is 3. The summed E-state index contributed by atoms with van der Waals surface area (Å²) in [6.45, 7) is 6.37. The number of nitrogens with one attached hydrogen (secondary N) is 1. The maximum Gasteiger partial charge on any atom is 0.271 e. The summed E-state index contributed by atoms with van der Waals surface area (Å²) in [4.78, 5) is 11.9. The topological polar surface area (TPSA) is 102 Å². The normalized spacial score (nSPS) is 11.6. The minimum absolute atomic E-state index is 0.0250. The van der Waals surface area contributed by atoms with Crippen LogP contribution in [0.5, 0.6) is 17.2 Å². The molecule has 0 aliphatic carbocycles. The molecule has 0 unspecified atom stereocenters. The number of hydrogen-bond acceptors (Lipinski definition) is 5. The number of phenols is 3. The van der Waals surface area contributed by atoms with Crippen molar-refractivity contribution in [2.24, 2.45) is 5.10 Å². The Morgan fingerprint density at radius 1 is 1.04 bits per heavy atom. The summed E-state index contributed by atoms with van der Waals surface area (Å²) in [5, 5.41) is 31.9. The second-order valence-corrected chi connectivity index (χ2v) is 6.43. The smallest absolute Gasteiger partial charge is 0.271 e. The van der Waals surface area contributed by atoms with Crippen molar-refractivity contribution in [3.8, 4) is 17.2 Å². The molecular weight excluding hydrogens is 308 g/mol. The number of carbonyl (C=O) groups excluding carboxylic acids is 1. The first-order valence-corrected chi connectivity index (χ1v) is 7.37. The van der Waals surface area contributed by atoms with E-state index in [1.807, 2.05) is 24.3 Å². The van der Waals surface area contributed by atoms with Crippen LogP contribution in [0.25, 0.3) is 0 Å². The first-order chi connectivity index (χ1) is 11.2. The van der Waals surface area contributed by atoms with Gasteiger partial charge in [0.25, 0.3) is 5.91 Å². The van der Waals surface area contributed by atoms with Gasteiger partial charge in [-0.1, -0.05) is 45.0 Å². The zero-order valence-corrected chi connectivity index (χ0v) is 13.7. The number of hydrazone groups is 1. The van der Waals surface area contributed by atoms with Gasteiger partial charge in [0.1, 0.15) is 0 Å². The predicted molar refractivity (Wildman–Crippen MR) is 91.6 cm³/mol. The highest BCUT2D eigenvalue weighted by molar-refractivity contribution is 5.96. The lowest BCUT2D eigenvalue weighted by molar-refractivity contribution is 0.0954. The Morgan fingerprint density at radius 2 is 1.58 bits per heavy atom. The predicted octanol–water partition coefficient (Wildman–Crippen LogP) is 2.86. The number of phenolic OH excluding ortho intramolecular Hbond substituents is 3. The van der Waals surface area contributed by atoms with Crippen LogP contribution in [0.2, 0.25) is 0 Å². The number of aromatic hydroxyl groups is 3. The molecule has 0 atom stereocenters. The fourth-order valence-electron chi connectivity index (χ4n) is 2.03. The van der Waals surface area contributed by atoms with Crippen molar-refractivity contribution in [2.75, 3.05) is 0 Å². The average Bonchev–Trinajstić information content (AvgIpc) is 2.51. The summed E-state index contributed by atoms with van der Waals surface area (Å²) in [6, 6.07) is 9.87. The molecule has 2 aromatic rings. The molecule has 1 amide bonds. The van der Waals surface area contributed by atoms with Crippen molar-refractivity contribution in [1.29, 1.82) is 0 Å². The van der Waals surface area contributed by atoms with Crippen molar-refractivity contribution in [2.45, 2.75) is 26.2 Å². The number of benzene rings is 2. The highest BCUT2D eigenvalue weighted by Gasteiger charge is 2.13. The number of amides is 1. The third kappa shape index (κ3) is 4.04. The number of hydrogen-bond donors (Lipinski definition) is 4. The Balaban J connectivity index is 2.05. The minimum atomic E-state index is -0.672. The Kier molecular flexibility index (Phi) is 4.78. The molecule has 4 N–H and O–H groups in total. The van der Waals surface area contributed by atoms with E-state index in [0.29, 0.717) is 0 Å². The molecule has 0 radical (unpaired) electrons. The third-order valence-corrected chi connectivity index (χ3v) is 3.49. The van der Waals surface area contributed by atoms with Gasteiger partial charge in [-0.15, -0.1) is 0 Å². The molecule has 6 heteroatoms. The summed E-state index contributed by atoms with van der Waals surface area (Å²) in [5.74, 6) is -2.46. The van der Waals surface area contributed by atoms with Crippen LogP contribution in [-0.2, 0) is 5.41 Å². The van der Waals surface area contributed by atoms with E-state index in [9.17, 15) is 20.1 Å². The van der Waals surface area contributed by atoms with E-state index < -0.39 is 23.2 Å². The molecule has 0 spiro atoms. The second kappa shape index (κ2) is 6.62. The molecule has 0 aliphatic heterocycles. The van der Waals surface area contributed by atoms with Crippen LogP contribution in [-0.4, -0.2) is 27.4 Å². The third-order valence-electron chi connectivity index (χ3n) is 3.49. The van der Waals surface area contributed by atoms with Crippen LogP contribution in [0.1, 0.15) is 42.3 Å². The van der Waals surface area contributed by atoms with E-state index in [-0.39, 0.29) is 11.0 Å². The average molecular weight is 328 g/mol. The molecular formula is C18H20N2O4. The molecule has 2 rings (SSSR count). The number of nitrogens with zero attached hydrogens (tertiary/aromatic N) is 1. The molecule has 2 aromatic carbocycles. The van der Waals surface area contributed by atoms with E-state index in [1.165, 1.54) is 11.8 Å². The van der Waals surface area contributed by atoms with Crippen LogP contribution in [0, 0.1) is 0 Å². The first-order valence-electron chi connectivity index (χ1n) is 7.37. The molecule has 0 heterocycles. The summed E-state index contributed by atoms with van der Waals surface area (Å²) < 4.78 is 0. The van der Waals surface area contributed by atoms with Crippen LogP contribution >= 0.6 is 0 Å². The minimum Gasteiger partial charge on any atom is -0.504 e. The first kappa shape index (κ1) is 17.3. The fourth-order valence-corrected chi connectivity index (χ4v) is 2.03. The van der Waals surface area contributed by atoms with Gasteiger partial charge in [-0.2, -0.15) is 5.10 Å². The Labute approximate surface area is 140 Å². The van der Waals surface area contributed by atoms with Crippen LogP contribution < -0.4 is 5.43 Å². The molecule has 0 saturated carbocycles. The van der Waals surface area contributed by atoms with Gasteiger partial charge in [-0.25, -0.2) is 5.43 Å². The Bertz CT molecular complexity index is 752. The second-order valence-electron chi connectivity index (χ2n) is 6.43. The van der Waals surface area contributed by atoms with Crippen molar-refractivity contribution in [3.63, 3.8) is 0 Å². The quantitative estimate of drug-likeness (QED) is 0.395. The van der Waals surface area contributed by atoms with Gasteiger partial charge in [0.2, 0.25) is 0 Å². The van der Waals surface area contributed by atoms with Gasteiger partial charge in [-0.05, 0) is 28.7 Å². The fraction of sp³-hybridized carbons (Fsp3) is 0.222. The van der Waals surface area contributed by atoms with E-state index in [1.54, 1.807) is 0 Å². The molecule has 0 saturated heterocycles. The molecule has 0 aliphatic rings. The lowest BCUT2D eigenvalue weighted by Gasteiger charge is -2.18.